The number of anilines is 1. The van der Waals surface area contributed by atoms with Crippen molar-refractivity contribution in [2.45, 2.75) is 35.0 Å². The van der Waals surface area contributed by atoms with E-state index in [4.69, 9.17) is 5.73 Å². The summed E-state index contributed by atoms with van der Waals surface area (Å²) >= 11 is 1.45. The standard InChI is InChI=1S/C11H18N2O3S2/c1-7(14)8(2)17-9-4-5-11(10(12)6-9)18(15,16)13-3/h4-8,13-14H,12H2,1-3H3. The average molecular weight is 290 g/mol. The quantitative estimate of drug-likeness (QED) is 0.556. The molecule has 102 valence electrons. The summed E-state index contributed by atoms with van der Waals surface area (Å²) in [5.74, 6) is 0. The van der Waals surface area contributed by atoms with Crippen molar-refractivity contribution < 1.29 is 13.5 Å². The van der Waals surface area contributed by atoms with Crippen LogP contribution in [0.3, 0.4) is 0 Å². The summed E-state index contributed by atoms with van der Waals surface area (Å²) in [5, 5.41) is 9.43. The lowest BCUT2D eigenvalue weighted by Gasteiger charge is -2.15. The summed E-state index contributed by atoms with van der Waals surface area (Å²) in [5.41, 5.74) is 5.94. The highest BCUT2D eigenvalue weighted by Crippen LogP contribution is 2.29. The molecule has 0 saturated carbocycles. The van der Waals surface area contributed by atoms with Gasteiger partial charge in [-0.15, -0.1) is 11.8 Å². The Morgan fingerprint density at radius 2 is 2.00 bits per heavy atom. The Morgan fingerprint density at radius 3 is 2.44 bits per heavy atom. The molecule has 0 spiro atoms. The van der Waals surface area contributed by atoms with Gasteiger partial charge in [0.2, 0.25) is 10.0 Å². The van der Waals surface area contributed by atoms with Crippen LogP contribution in [0, 0.1) is 0 Å². The highest BCUT2D eigenvalue weighted by Gasteiger charge is 2.17. The van der Waals surface area contributed by atoms with Crippen LogP contribution in [0.15, 0.2) is 28.0 Å². The number of nitrogens with two attached hydrogens (primary N) is 1. The zero-order chi connectivity index (χ0) is 13.9. The second-order valence-electron chi connectivity index (χ2n) is 3.97. The van der Waals surface area contributed by atoms with Crippen molar-refractivity contribution in [1.82, 2.24) is 4.72 Å². The number of aliphatic hydroxyl groups excluding tert-OH is 1. The van der Waals surface area contributed by atoms with Crippen molar-refractivity contribution in [3.63, 3.8) is 0 Å². The zero-order valence-corrected chi connectivity index (χ0v) is 12.2. The van der Waals surface area contributed by atoms with Crippen molar-refractivity contribution in [3.8, 4) is 0 Å². The van der Waals surface area contributed by atoms with Crippen LogP contribution >= 0.6 is 11.8 Å². The van der Waals surface area contributed by atoms with Gasteiger partial charge in [-0.25, -0.2) is 13.1 Å². The second-order valence-corrected chi connectivity index (χ2v) is 7.28. The summed E-state index contributed by atoms with van der Waals surface area (Å²) in [7, 11) is -2.18. The van der Waals surface area contributed by atoms with Gasteiger partial charge >= 0.3 is 0 Å². The van der Waals surface area contributed by atoms with Crippen molar-refractivity contribution in [1.29, 1.82) is 0 Å². The van der Waals surface area contributed by atoms with Crippen LogP contribution < -0.4 is 10.5 Å². The van der Waals surface area contributed by atoms with E-state index in [1.807, 2.05) is 6.92 Å². The van der Waals surface area contributed by atoms with Gasteiger partial charge in [0.05, 0.1) is 11.8 Å². The summed E-state index contributed by atoms with van der Waals surface area (Å²) in [6.45, 7) is 3.60. The predicted molar refractivity (Wildman–Crippen MR) is 74.1 cm³/mol. The minimum Gasteiger partial charge on any atom is -0.398 e. The molecular weight excluding hydrogens is 272 g/mol. The molecule has 4 N–H and O–H groups in total. The number of rotatable bonds is 5. The molecule has 2 atom stereocenters. The van der Waals surface area contributed by atoms with Gasteiger partial charge in [0.1, 0.15) is 4.90 Å². The van der Waals surface area contributed by atoms with Gasteiger partial charge in [-0.05, 0) is 32.2 Å². The largest absolute Gasteiger partial charge is 0.398 e. The van der Waals surface area contributed by atoms with Crippen LogP contribution in [0.1, 0.15) is 13.8 Å². The van der Waals surface area contributed by atoms with E-state index in [1.165, 1.54) is 24.9 Å². The lowest BCUT2D eigenvalue weighted by molar-refractivity contribution is 0.196. The van der Waals surface area contributed by atoms with E-state index < -0.39 is 16.1 Å². The van der Waals surface area contributed by atoms with Gasteiger partial charge in [0.25, 0.3) is 0 Å². The first kappa shape index (κ1) is 15.3. The first-order chi connectivity index (χ1) is 8.27. The Morgan fingerprint density at radius 1 is 1.39 bits per heavy atom. The smallest absolute Gasteiger partial charge is 0.242 e. The molecule has 18 heavy (non-hydrogen) atoms. The van der Waals surface area contributed by atoms with Crippen molar-refractivity contribution >= 4 is 27.5 Å². The number of aliphatic hydroxyl groups is 1. The molecule has 0 aromatic heterocycles. The molecule has 0 radical (unpaired) electrons. The number of nitrogen functional groups attached to an aromatic ring is 1. The number of hydrogen-bond donors (Lipinski definition) is 3. The Bertz CT molecular complexity index is 515. The van der Waals surface area contributed by atoms with Crippen LogP contribution in [0.4, 0.5) is 5.69 Å². The van der Waals surface area contributed by atoms with E-state index >= 15 is 0 Å². The third kappa shape index (κ3) is 3.61. The Kier molecular flexibility index (Phi) is 5.03. The number of thioether (sulfide) groups is 1. The Balaban J connectivity index is 3.00. The highest BCUT2D eigenvalue weighted by atomic mass is 32.2. The van der Waals surface area contributed by atoms with Crippen LogP contribution in [0.25, 0.3) is 0 Å². The van der Waals surface area contributed by atoms with Gasteiger partial charge in [-0.1, -0.05) is 6.92 Å². The first-order valence-electron chi connectivity index (χ1n) is 5.45. The fourth-order valence-electron chi connectivity index (χ4n) is 1.27. The summed E-state index contributed by atoms with van der Waals surface area (Å²) in [6, 6.07) is 4.76. The molecule has 0 aliphatic rings. The minimum atomic E-state index is -3.52. The molecule has 0 saturated heterocycles. The van der Waals surface area contributed by atoms with Crippen LogP contribution in [-0.4, -0.2) is 31.9 Å². The number of benzene rings is 1. The van der Waals surface area contributed by atoms with E-state index in [1.54, 1.807) is 19.1 Å². The van der Waals surface area contributed by atoms with Crippen LogP contribution in [-0.2, 0) is 10.0 Å². The monoisotopic (exact) mass is 290 g/mol. The molecule has 0 amide bonds. The maximum atomic E-state index is 11.6. The van der Waals surface area contributed by atoms with Crippen LogP contribution in [0.2, 0.25) is 0 Å². The normalized spacial score (nSPS) is 15.3. The van der Waals surface area contributed by atoms with Gasteiger partial charge in [-0.2, -0.15) is 0 Å². The van der Waals surface area contributed by atoms with E-state index in [0.29, 0.717) is 0 Å². The molecule has 2 unspecified atom stereocenters. The molecule has 1 aromatic carbocycles. The topological polar surface area (TPSA) is 92.4 Å². The lowest BCUT2D eigenvalue weighted by Crippen LogP contribution is -2.20. The second kappa shape index (κ2) is 5.92. The van der Waals surface area contributed by atoms with E-state index in [2.05, 4.69) is 4.72 Å². The summed E-state index contributed by atoms with van der Waals surface area (Å²) in [6.07, 6.45) is -0.447. The third-order valence-electron chi connectivity index (χ3n) is 2.54. The summed E-state index contributed by atoms with van der Waals surface area (Å²) < 4.78 is 25.5. The highest BCUT2D eigenvalue weighted by molar-refractivity contribution is 8.00. The molecule has 0 aliphatic heterocycles. The molecule has 0 heterocycles. The molecule has 5 nitrogen and oxygen atoms in total. The number of sulfonamides is 1. The van der Waals surface area contributed by atoms with Gasteiger partial charge in [-0.3, -0.25) is 0 Å². The van der Waals surface area contributed by atoms with Gasteiger partial charge in [0, 0.05) is 10.1 Å². The fraction of sp³-hybridized carbons (Fsp3) is 0.455. The van der Waals surface area contributed by atoms with E-state index in [9.17, 15) is 13.5 Å². The third-order valence-corrected chi connectivity index (χ3v) is 5.32. The van der Waals surface area contributed by atoms with Crippen molar-refractivity contribution in [2.24, 2.45) is 0 Å². The molecule has 0 fully saturated rings. The number of hydrogen-bond acceptors (Lipinski definition) is 5. The predicted octanol–water partition coefficient (Wildman–Crippen LogP) is 1.04. The minimum absolute atomic E-state index is 0.0103. The molecule has 0 aliphatic carbocycles. The van der Waals surface area contributed by atoms with E-state index in [0.717, 1.165) is 4.90 Å². The average Bonchev–Trinajstić information content (AvgIpc) is 2.28. The van der Waals surface area contributed by atoms with E-state index in [-0.39, 0.29) is 15.8 Å². The van der Waals surface area contributed by atoms with Crippen molar-refractivity contribution in [2.75, 3.05) is 12.8 Å². The molecule has 1 aromatic rings. The summed E-state index contributed by atoms with van der Waals surface area (Å²) in [4.78, 5) is 0.898. The van der Waals surface area contributed by atoms with Crippen LogP contribution in [0.5, 0.6) is 0 Å². The first-order valence-corrected chi connectivity index (χ1v) is 7.82. The SMILES string of the molecule is CNS(=O)(=O)c1ccc(SC(C)C(C)O)cc1N. The lowest BCUT2D eigenvalue weighted by atomic mass is 10.3. The molecule has 1 rings (SSSR count). The molecular formula is C11H18N2O3S2. The fourth-order valence-corrected chi connectivity index (χ4v) is 3.07. The zero-order valence-electron chi connectivity index (χ0n) is 10.5. The molecule has 0 bridgehead atoms. The maximum absolute atomic E-state index is 11.6. The Hall–Kier alpha value is -0.760. The molecule has 7 heteroatoms. The van der Waals surface area contributed by atoms with Gasteiger partial charge in [0.15, 0.2) is 0 Å². The Labute approximate surface area is 112 Å². The van der Waals surface area contributed by atoms with Crippen molar-refractivity contribution in [3.05, 3.63) is 18.2 Å². The van der Waals surface area contributed by atoms with Gasteiger partial charge < -0.3 is 10.8 Å². The number of nitrogens with one attached hydrogen (secondary N) is 1. The maximum Gasteiger partial charge on any atom is 0.242 e.